The third-order valence-electron chi connectivity index (χ3n) is 3.94. The van der Waals surface area contributed by atoms with Gasteiger partial charge < -0.3 is 5.32 Å². The van der Waals surface area contributed by atoms with Gasteiger partial charge in [-0.05, 0) is 37.8 Å². The van der Waals surface area contributed by atoms with E-state index in [-0.39, 0.29) is 10.6 Å². The van der Waals surface area contributed by atoms with Crippen molar-refractivity contribution in [2.45, 2.75) is 32.7 Å². The Morgan fingerprint density at radius 3 is 2.75 bits per heavy atom. The Kier molecular flexibility index (Phi) is 3.04. The molecule has 0 radical (unpaired) electrons. The highest BCUT2D eigenvalue weighted by atomic mass is 16.6. The zero-order valence-corrected chi connectivity index (χ0v) is 11.6. The van der Waals surface area contributed by atoms with E-state index in [1.807, 2.05) is 19.1 Å². The molecular weight excluding hydrogens is 254 g/mol. The van der Waals surface area contributed by atoms with Crippen molar-refractivity contribution in [2.75, 3.05) is 5.32 Å². The summed E-state index contributed by atoms with van der Waals surface area (Å²) >= 11 is 0. The molecule has 0 bridgehead atoms. The Morgan fingerprint density at radius 1 is 1.35 bits per heavy atom. The van der Waals surface area contributed by atoms with E-state index in [4.69, 9.17) is 0 Å². The molecule has 0 saturated heterocycles. The van der Waals surface area contributed by atoms with Gasteiger partial charge in [-0.1, -0.05) is 6.92 Å². The molecule has 0 aliphatic heterocycles. The maximum absolute atomic E-state index is 11.1. The highest BCUT2D eigenvalue weighted by molar-refractivity contribution is 5.99. The van der Waals surface area contributed by atoms with Gasteiger partial charge in [-0.2, -0.15) is 0 Å². The second-order valence-electron chi connectivity index (χ2n) is 5.68. The number of nitro groups is 1. The van der Waals surface area contributed by atoms with Gasteiger partial charge in [-0.25, -0.2) is 0 Å². The first kappa shape index (κ1) is 12.8. The fourth-order valence-corrected chi connectivity index (χ4v) is 2.85. The van der Waals surface area contributed by atoms with Gasteiger partial charge in [0.25, 0.3) is 5.69 Å². The van der Waals surface area contributed by atoms with Crippen molar-refractivity contribution in [1.29, 1.82) is 0 Å². The van der Waals surface area contributed by atoms with Crippen LogP contribution in [0, 0.1) is 23.0 Å². The van der Waals surface area contributed by atoms with Crippen LogP contribution in [-0.2, 0) is 0 Å². The summed E-state index contributed by atoms with van der Waals surface area (Å²) in [4.78, 5) is 14.9. The molecule has 0 atom stereocenters. The Balaban J connectivity index is 2.06. The fraction of sp³-hybridized carbons (Fsp3) is 0.400. The minimum Gasteiger partial charge on any atom is -0.382 e. The first-order chi connectivity index (χ1) is 9.54. The van der Waals surface area contributed by atoms with Crippen LogP contribution in [0.25, 0.3) is 10.8 Å². The molecule has 1 fully saturated rings. The van der Waals surface area contributed by atoms with Gasteiger partial charge in [0.05, 0.1) is 10.3 Å². The van der Waals surface area contributed by atoms with Crippen LogP contribution >= 0.6 is 0 Å². The number of hydrogen-bond donors (Lipinski definition) is 1. The van der Waals surface area contributed by atoms with Crippen molar-refractivity contribution >= 4 is 22.1 Å². The second-order valence-corrected chi connectivity index (χ2v) is 5.68. The zero-order valence-electron chi connectivity index (χ0n) is 11.6. The summed E-state index contributed by atoms with van der Waals surface area (Å²) in [5.74, 6) is 0.764. The molecule has 0 amide bonds. The predicted molar refractivity (Wildman–Crippen MR) is 78.9 cm³/mol. The van der Waals surface area contributed by atoms with Crippen molar-refractivity contribution in [1.82, 2.24) is 4.98 Å². The number of benzene rings is 1. The maximum atomic E-state index is 11.1. The summed E-state index contributed by atoms with van der Waals surface area (Å²) in [5.41, 5.74) is 1.94. The number of nitrogens with zero attached hydrogens (tertiary/aromatic N) is 2. The van der Waals surface area contributed by atoms with E-state index in [1.165, 1.54) is 0 Å². The number of rotatable bonds is 3. The molecule has 104 valence electrons. The van der Waals surface area contributed by atoms with Crippen LogP contribution < -0.4 is 5.32 Å². The van der Waals surface area contributed by atoms with Crippen LogP contribution in [0.4, 0.5) is 11.4 Å². The van der Waals surface area contributed by atoms with Gasteiger partial charge >= 0.3 is 0 Å². The van der Waals surface area contributed by atoms with E-state index in [0.717, 1.165) is 35.5 Å². The van der Waals surface area contributed by atoms with E-state index in [0.29, 0.717) is 11.4 Å². The molecule has 1 aliphatic carbocycles. The molecule has 1 aromatic heterocycles. The van der Waals surface area contributed by atoms with Crippen LogP contribution in [0.1, 0.15) is 25.5 Å². The number of fused-ring (bicyclic) bond motifs is 1. The number of nitro benzene ring substituents is 1. The molecular formula is C15H17N3O2. The van der Waals surface area contributed by atoms with Crippen LogP contribution in [0.2, 0.25) is 0 Å². The molecule has 2 aromatic rings. The number of hydrogen-bond acceptors (Lipinski definition) is 4. The minimum atomic E-state index is -0.353. The summed E-state index contributed by atoms with van der Waals surface area (Å²) < 4.78 is 0. The van der Waals surface area contributed by atoms with Crippen molar-refractivity contribution in [3.8, 4) is 0 Å². The lowest BCUT2D eigenvalue weighted by molar-refractivity contribution is -0.383. The lowest BCUT2D eigenvalue weighted by atomic mass is 9.81. The first-order valence-corrected chi connectivity index (χ1v) is 6.85. The fourth-order valence-electron chi connectivity index (χ4n) is 2.85. The number of aromatic nitrogens is 1. The largest absolute Gasteiger partial charge is 0.382 e. The standard InChI is InChI=1S/C15H17N3O2/c1-9-5-11(6-9)17-14-3-4-15(18(19)20)13-8-16-10(2)7-12(13)14/h3-4,7-9,11,17H,5-6H2,1-2H3. The number of pyridine rings is 1. The minimum absolute atomic E-state index is 0.111. The molecule has 1 saturated carbocycles. The van der Waals surface area contributed by atoms with Gasteiger partial charge in [0.2, 0.25) is 0 Å². The van der Waals surface area contributed by atoms with Gasteiger partial charge in [-0.15, -0.1) is 0 Å². The summed E-state index contributed by atoms with van der Waals surface area (Å²) in [6.07, 6.45) is 3.91. The van der Waals surface area contributed by atoms with Gasteiger partial charge in [-0.3, -0.25) is 15.1 Å². The Bertz CT molecular complexity index is 678. The average molecular weight is 271 g/mol. The third kappa shape index (κ3) is 2.19. The van der Waals surface area contributed by atoms with Gasteiger partial charge in [0.1, 0.15) is 0 Å². The molecule has 0 unspecified atom stereocenters. The molecule has 5 nitrogen and oxygen atoms in total. The van der Waals surface area contributed by atoms with Crippen LogP contribution in [0.15, 0.2) is 24.4 Å². The Morgan fingerprint density at radius 2 is 2.10 bits per heavy atom. The maximum Gasteiger partial charge on any atom is 0.278 e. The van der Waals surface area contributed by atoms with Crippen LogP contribution in [0.5, 0.6) is 0 Å². The number of non-ortho nitro benzene ring substituents is 1. The average Bonchev–Trinajstić information content (AvgIpc) is 2.36. The van der Waals surface area contributed by atoms with E-state index < -0.39 is 0 Å². The van der Waals surface area contributed by atoms with Crippen LogP contribution in [-0.4, -0.2) is 15.9 Å². The number of anilines is 1. The van der Waals surface area contributed by atoms with Crippen molar-refractivity contribution in [3.05, 3.63) is 40.2 Å². The molecule has 1 aromatic carbocycles. The molecule has 1 heterocycles. The first-order valence-electron chi connectivity index (χ1n) is 6.85. The molecule has 1 N–H and O–H groups in total. The Labute approximate surface area is 117 Å². The van der Waals surface area contributed by atoms with Gasteiger partial charge in [0, 0.05) is 35.1 Å². The highest BCUT2D eigenvalue weighted by Gasteiger charge is 2.26. The predicted octanol–water partition coefficient (Wildman–Crippen LogP) is 3.66. The summed E-state index contributed by atoms with van der Waals surface area (Å²) in [7, 11) is 0. The normalized spacial score (nSPS) is 21.5. The van der Waals surface area contributed by atoms with Crippen molar-refractivity contribution in [3.63, 3.8) is 0 Å². The van der Waals surface area contributed by atoms with Crippen molar-refractivity contribution in [2.24, 2.45) is 5.92 Å². The van der Waals surface area contributed by atoms with Crippen LogP contribution in [0.3, 0.4) is 0 Å². The van der Waals surface area contributed by atoms with Gasteiger partial charge in [0.15, 0.2) is 0 Å². The summed E-state index contributed by atoms with van der Waals surface area (Å²) in [6.45, 7) is 4.13. The molecule has 20 heavy (non-hydrogen) atoms. The Hall–Kier alpha value is -2.17. The van der Waals surface area contributed by atoms with Crippen molar-refractivity contribution < 1.29 is 4.92 Å². The number of aryl methyl sites for hydroxylation is 1. The third-order valence-corrected chi connectivity index (χ3v) is 3.94. The quantitative estimate of drug-likeness (QED) is 0.683. The van der Waals surface area contributed by atoms with E-state index >= 15 is 0 Å². The lowest BCUT2D eigenvalue weighted by Gasteiger charge is -2.34. The smallest absolute Gasteiger partial charge is 0.278 e. The van der Waals surface area contributed by atoms with E-state index in [2.05, 4.69) is 17.2 Å². The second kappa shape index (κ2) is 4.74. The summed E-state index contributed by atoms with van der Waals surface area (Å²) in [5, 5.41) is 16.1. The molecule has 3 rings (SSSR count). The molecule has 5 heteroatoms. The zero-order chi connectivity index (χ0) is 14.3. The molecule has 0 spiro atoms. The van der Waals surface area contributed by atoms with E-state index in [9.17, 15) is 10.1 Å². The summed E-state index contributed by atoms with van der Waals surface area (Å²) in [6, 6.07) is 5.75. The van der Waals surface area contributed by atoms with E-state index in [1.54, 1.807) is 12.3 Å². The molecule has 1 aliphatic rings. The monoisotopic (exact) mass is 271 g/mol. The lowest BCUT2D eigenvalue weighted by Crippen LogP contribution is -2.33. The number of nitrogens with one attached hydrogen (secondary N) is 1. The highest BCUT2D eigenvalue weighted by Crippen LogP contribution is 2.35. The topological polar surface area (TPSA) is 68.1 Å². The SMILES string of the molecule is Cc1cc2c(NC3CC(C)C3)ccc([N+](=O)[O-])c2cn1.